The molecule has 2 aliphatic heterocycles. The number of amides is 1. The van der Waals surface area contributed by atoms with E-state index in [1.54, 1.807) is 0 Å². The van der Waals surface area contributed by atoms with Gasteiger partial charge in [-0.05, 0) is 42.9 Å². The minimum Gasteiger partial charge on any atom is -0.363 e. The average molecular weight is 274 g/mol. The van der Waals surface area contributed by atoms with E-state index < -0.39 is 6.10 Å². The van der Waals surface area contributed by atoms with Crippen molar-refractivity contribution in [1.29, 1.82) is 0 Å². The Labute approximate surface area is 119 Å². The predicted molar refractivity (Wildman–Crippen MR) is 77.2 cm³/mol. The summed E-state index contributed by atoms with van der Waals surface area (Å²) in [6, 6.07) is 8.11. The molecule has 2 aliphatic rings. The molecule has 0 bridgehead atoms. The first kappa shape index (κ1) is 13.6. The number of rotatable bonds is 2. The molecule has 2 N–H and O–H groups in total. The van der Waals surface area contributed by atoms with E-state index in [-0.39, 0.29) is 5.91 Å². The molecular formula is C16H22N2O2. The molecule has 2 atom stereocenters. The van der Waals surface area contributed by atoms with Gasteiger partial charge in [-0.2, -0.15) is 0 Å². The van der Waals surface area contributed by atoms with Crippen LogP contribution in [-0.4, -0.2) is 37.0 Å². The number of ether oxygens (including phenoxy) is 1. The highest BCUT2D eigenvalue weighted by molar-refractivity contribution is 5.83. The molecule has 2 heterocycles. The summed E-state index contributed by atoms with van der Waals surface area (Å²) in [6.07, 6.45) is 2.65. The number of hydrogen-bond donors (Lipinski definition) is 1. The van der Waals surface area contributed by atoms with E-state index >= 15 is 0 Å². The Kier molecular flexibility index (Phi) is 4.03. The molecule has 1 aromatic rings. The largest absolute Gasteiger partial charge is 0.363 e. The van der Waals surface area contributed by atoms with Crippen LogP contribution in [0.5, 0.6) is 0 Å². The zero-order chi connectivity index (χ0) is 13.9. The van der Waals surface area contributed by atoms with E-state index in [1.807, 2.05) is 23.1 Å². The van der Waals surface area contributed by atoms with Gasteiger partial charge >= 0.3 is 0 Å². The minimum atomic E-state index is -0.420. The average Bonchev–Trinajstić information content (AvgIpc) is 2.53. The van der Waals surface area contributed by atoms with E-state index in [9.17, 15) is 4.79 Å². The SMILES string of the molecule is NCC1CCCN(C(=O)C2OCCc3ccccc32)C1. The van der Waals surface area contributed by atoms with E-state index in [2.05, 4.69) is 6.07 Å². The molecule has 4 nitrogen and oxygen atoms in total. The number of benzene rings is 1. The highest BCUT2D eigenvalue weighted by Crippen LogP contribution is 2.30. The van der Waals surface area contributed by atoms with Crippen molar-refractivity contribution >= 4 is 5.91 Å². The third kappa shape index (κ3) is 2.58. The molecule has 0 aromatic heterocycles. The number of piperidine rings is 1. The topological polar surface area (TPSA) is 55.6 Å². The molecule has 4 heteroatoms. The highest BCUT2D eigenvalue weighted by atomic mass is 16.5. The van der Waals surface area contributed by atoms with Crippen molar-refractivity contribution in [2.45, 2.75) is 25.4 Å². The maximum atomic E-state index is 12.7. The molecular weight excluding hydrogens is 252 g/mol. The zero-order valence-corrected chi connectivity index (χ0v) is 11.8. The summed E-state index contributed by atoms with van der Waals surface area (Å²) in [5.74, 6) is 0.543. The lowest BCUT2D eigenvalue weighted by molar-refractivity contribution is -0.147. The van der Waals surface area contributed by atoms with Crippen molar-refractivity contribution < 1.29 is 9.53 Å². The zero-order valence-electron chi connectivity index (χ0n) is 11.8. The van der Waals surface area contributed by atoms with Gasteiger partial charge in [0.15, 0.2) is 6.10 Å². The van der Waals surface area contributed by atoms with Gasteiger partial charge in [-0.15, -0.1) is 0 Å². The quantitative estimate of drug-likeness (QED) is 0.889. The Bertz CT molecular complexity index is 489. The van der Waals surface area contributed by atoms with Gasteiger partial charge in [-0.25, -0.2) is 0 Å². The van der Waals surface area contributed by atoms with E-state index in [0.717, 1.165) is 37.9 Å². The van der Waals surface area contributed by atoms with Gasteiger partial charge in [-0.1, -0.05) is 24.3 Å². The lowest BCUT2D eigenvalue weighted by Gasteiger charge is -2.36. The molecule has 2 unspecified atom stereocenters. The van der Waals surface area contributed by atoms with Crippen LogP contribution in [0.2, 0.25) is 0 Å². The van der Waals surface area contributed by atoms with Gasteiger partial charge in [0, 0.05) is 13.1 Å². The second-order valence-corrected chi connectivity index (χ2v) is 5.73. The lowest BCUT2D eigenvalue weighted by Crippen LogP contribution is -2.45. The van der Waals surface area contributed by atoms with Crippen LogP contribution in [0.4, 0.5) is 0 Å². The van der Waals surface area contributed by atoms with Gasteiger partial charge in [0.1, 0.15) is 0 Å². The fourth-order valence-corrected chi connectivity index (χ4v) is 3.22. The molecule has 1 fully saturated rings. The Hall–Kier alpha value is -1.39. The molecule has 108 valence electrons. The van der Waals surface area contributed by atoms with E-state index in [1.165, 1.54) is 5.56 Å². The van der Waals surface area contributed by atoms with Gasteiger partial charge < -0.3 is 15.4 Å². The molecule has 0 saturated carbocycles. The van der Waals surface area contributed by atoms with Gasteiger partial charge in [0.25, 0.3) is 5.91 Å². The molecule has 0 radical (unpaired) electrons. The number of nitrogens with two attached hydrogens (primary N) is 1. The second-order valence-electron chi connectivity index (χ2n) is 5.73. The van der Waals surface area contributed by atoms with Crippen molar-refractivity contribution in [3.8, 4) is 0 Å². The first-order valence-electron chi connectivity index (χ1n) is 7.48. The summed E-state index contributed by atoms with van der Waals surface area (Å²) in [5, 5.41) is 0. The molecule has 1 aromatic carbocycles. The van der Waals surface area contributed by atoms with Crippen molar-refractivity contribution in [2.24, 2.45) is 11.7 Å². The standard InChI is InChI=1S/C16H22N2O2/c17-10-12-4-3-8-18(11-12)16(19)15-14-6-2-1-5-13(14)7-9-20-15/h1-2,5-6,12,15H,3-4,7-11,17H2. The summed E-state index contributed by atoms with van der Waals surface area (Å²) in [4.78, 5) is 14.7. The fraction of sp³-hybridized carbons (Fsp3) is 0.562. The smallest absolute Gasteiger partial charge is 0.256 e. The number of likely N-dealkylation sites (tertiary alicyclic amines) is 1. The van der Waals surface area contributed by atoms with Crippen LogP contribution in [0.3, 0.4) is 0 Å². The highest BCUT2D eigenvalue weighted by Gasteiger charge is 2.32. The molecule has 1 saturated heterocycles. The van der Waals surface area contributed by atoms with Crippen LogP contribution < -0.4 is 5.73 Å². The second kappa shape index (κ2) is 5.94. The van der Waals surface area contributed by atoms with E-state index in [0.29, 0.717) is 19.1 Å². The number of nitrogens with zero attached hydrogens (tertiary/aromatic N) is 1. The van der Waals surface area contributed by atoms with Crippen molar-refractivity contribution in [1.82, 2.24) is 4.90 Å². The summed E-state index contributed by atoms with van der Waals surface area (Å²) < 4.78 is 5.77. The predicted octanol–water partition coefficient (Wildman–Crippen LogP) is 1.50. The molecule has 3 rings (SSSR count). The Balaban J connectivity index is 1.78. The van der Waals surface area contributed by atoms with E-state index in [4.69, 9.17) is 10.5 Å². The summed E-state index contributed by atoms with van der Waals surface area (Å²) in [5.41, 5.74) is 8.03. The fourth-order valence-electron chi connectivity index (χ4n) is 3.22. The monoisotopic (exact) mass is 274 g/mol. The summed E-state index contributed by atoms with van der Waals surface area (Å²) in [6.45, 7) is 2.89. The summed E-state index contributed by atoms with van der Waals surface area (Å²) in [7, 11) is 0. The molecule has 0 aliphatic carbocycles. The van der Waals surface area contributed by atoms with Crippen LogP contribution in [-0.2, 0) is 16.0 Å². The van der Waals surface area contributed by atoms with Gasteiger partial charge in [0.05, 0.1) is 6.61 Å². The van der Waals surface area contributed by atoms with Crippen molar-refractivity contribution in [3.05, 3.63) is 35.4 Å². The Morgan fingerprint density at radius 1 is 1.40 bits per heavy atom. The normalized spacial score (nSPS) is 26.1. The maximum absolute atomic E-state index is 12.7. The number of fused-ring (bicyclic) bond motifs is 1. The Morgan fingerprint density at radius 3 is 3.10 bits per heavy atom. The number of carbonyl (C=O) groups is 1. The van der Waals surface area contributed by atoms with Crippen molar-refractivity contribution in [3.63, 3.8) is 0 Å². The third-order valence-corrected chi connectivity index (χ3v) is 4.38. The number of hydrogen-bond acceptors (Lipinski definition) is 3. The van der Waals surface area contributed by atoms with Crippen molar-refractivity contribution in [2.75, 3.05) is 26.2 Å². The summed E-state index contributed by atoms with van der Waals surface area (Å²) >= 11 is 0. The maximum Gasteiger partial charge on any atom is 0.256 e. The van der Waals surface area contributed by atoms with Crippen LogP contribution >= 0.6 is 0 Å². The first-order chi connectivity index (χ1) is 9.79. The molecule has 0 spiro atoms. The first-order valence-corrected chi connectivity index (χ1v) is 7.48. The third-order valence-electron chi connectivity index (χ3n) is 4.38. The molecule has 1 amide bonds. The van der Waals surface area contributed by atoms with Crippen LogP contribution in [0, 0.1) is 5.92 Å². The molecule has 20 heavy (non-hydrogen) atoms. The van der Waals surface area contributed by atoms with Gasteiger partial charge in [-0.3, -0.25) is 4.79 Å². The minimum absolute atomic E-state index is 0.107. The number of carbonyl (C=O) groups excluding carboxylic acids is 1. The van der Waals surface area contributed by atoms with Gasteiger partial charge in [0.2, 0.25) is 0 Å². The van der Waals surface area contributed by atoms with Crippen LogP contribution in [0.15, 0.2) is 24.3 Å². The lowest BCUT2D eigenvalue weighted by atomic mass is 9.94. The Morgan fingerprint density at radius 2 is 2.25 bits per heavy atom. The van der Waals surface area contributed by atoms with Crippen LogP contribution in [0.1, 0.15) is 30.1 Å². The van der Waals surface area contributed by atoms with Crippen LogP contribution in [0.25, 0.3) is 0 Å².